The number of aryl methyl sites for hydroxylation is 2. The van der Waals surface area contributed by atoms with Gasteiger partial charge in [-0.1, -0.05) is 6.92 Å². The van der Waals surface area contributed by atoms with Crippen molar-refractivity contribution < 1.29 is 0 Å². The van der Waals surface area contributed by atoms with Gasteiger partial charge in [-0.15, -0.1) is 11.3 Å². The van der Waals surface area contributed by atoms with Crippen LogP contribution in [0.4, 0.5) is 5.82 Å². The molecule has 2 aromatic heterocycles. The molecule has 0 spiro atoms. The van der Waals surface area contributed by atoms with E-state index in [4.69, 9.17) is 0 Å². The van der Waals surface area contributed by atoms with E-state index in [1.807, 2.05) is 11.3 Å². The third-order valence-electron chi connectivity index (χ3n) is 5.70. The van der Waals surface area contributed by atoms with Crippen LogP contribution in [0, 0.1) is 5.92 Å². The van der Waals surface area contributed by atoms with Gasteiger partial charge in [0.25, 0.3) is 0 Å². The van der Waals surface area contributed by atoms with Crippen molar-refractivity contribution in [3.63, 3.8) is 0 Å². The summed E-state index contributed by atoms with van der Waals surface area (Å²) in [7, 11) is 4.40. The fourth-order valence-corrected chi connectivity index (χ4v) is 5.49. The van der Waals surface area contributed by atoms with Crippen LogP contribution in [-0.2, 0) is 12.8 Å². The first kappa shape index (κ1) is 15.3. The number of thiophene rings is 1. The van der Waals surface area contributed by atoms with Gasteiger partial charge in [-0.3, -0.25) is 0 Å². The Kier molecular flexibility index (Phi) is 4.01. The molecule has 124 valence electrons. The fraction of sp³-hybridized carbons (Fsp3) is 0.667. The van der Waals surface area contributed by atoms with E-state index in [0.717, 1.165) is 11.9 Å². The summed E-state index contributed by atoms with van der Waals surface area (Å²) in [6.07, 6.45) is 9.19. The zero-order valence-corrected chi connectivity index (χ0v) is 15.1. The zero-order chi connectivity index (χ0) is 16.0. The van der Waals surface area contributed by atoms with Gasteiger partial charge in [0.1, 0.15) is 17.0 Å². The van der Waals surface area contributed by atoms with Crippen molar-refractivity contribution in [3.8, 4) is 0 Å². The van der Waals surface area contributed by atoms with Crippen LogP contribution in [0.5, 0.6) is 0 Å². The summed E-state index contributed by atoms with van der Waals surface area (Å²) in [5.74, 6) is 1.75. The van der Waals surface area contributed by atoms with Crippen molar-refractivity contribution in [2.24, 2.45) is 5.92 Å². The quantitative estimate of drug-likeness (QED) is 0.931. The molecule has 3 atom stereocenters. The minimum absolute atomic E-state index is 0.529. The van der Waals surface area contributed by atoms with E-state index in [-0.39, 0.29) is 0 Å². The smallest absolute Gasteiger partial charge is 0.138 e. The SMILES string of the molecule is C[C@@H]1C[C@@H](N(C)C)CC[C@@H]1Nc1ncnc2sc3c(c12)CCC3. The molecule has 0 radical (unpaired) electrons. The number of aromatic nitrogens is 2. The molecule has 0 saturated heterocycles. The van der Waals surface area contributed by atoms with E-state index in [1.165, 1.54) is 59.2 Å². The summed E-state index contributed by atoms with van der Waals surface area (Å²) in [4.78, 5) is 14.2. The molecule has 2 heterocycles. The van der Waals surface area contributed by atoms with Gasteiger partial charge in [0, 0.05) is 17.0 Å². The van der Waals surface area contributed by atoms with Crippen molar-refractivity contribution >= 4 is 27.4 Å². The van der Waals surface area contributed by atoms with Crippen LogP contribution in [-0.4, -0.2) is 41.0 Å². The number of hydrogen-bond donors (Lipinski definition) is 1. The normalized spacial score (nSPS) is 27.6. The highest BCUT2D eigenvalue weighted by molar-refractivity contribution is 7.19. The summed E-state index contributed by atoms with van der Waals surface area (Å²) < 4.78 is 0. The first-order chi connectivity index (χ1) is 11.1. The Morgan fingerprint density at radius 2 is 2.09 bits per heavy atom. The number of hydrogen-bond acceptors (Lipinski definition) is 5. The van der Waals surface area contributed by atoms with Gasteiger partial charge in [-0.05, 0) is 64.1 Å². The molecule has 2 aromatic rings. The van der Waals surface area contributed by atoms with Crippen molar-refractivity contribution in [1.82, 2.24) is 14.9 Å². The van der Waals surface area contributed by atoms with Crippen molar-refractivity contribution in [2.45, 2.75) is 57.5 Å². The van der Waals surface area contributed by atoms with Crippen LogP contribution in [0.1, 0.15) is 43.0 Å². The minimum atomic E-state index is 0.529. The second-order valence-corrected chi connectivity index (χ2v) is 8.50. The van der Waals surface area contributed by atoms with Gasteiger partial charge in [0.05, 0.1) is 5.39 Å². The number of nitrogens with one attached hydrogen (secondary N) is 1. The molecular weight excluding hydrogens is 304 g/mol. The van der Waals surface area contributed by atoms with Gasteiger partial charge in [-0.25, -0.2) is 9.97 Å². The van der Waals surface area contributed by atoms with E-state index in [1.54, 1.807) is 6.33 Å². The standard InChI is InChI=1S/C18H26N4S/c1-11-9-12(22(2)3)7-8-14(11)21-17-16-13-5-4-6-15(13)23-18(16)20-10-19-17/h10-12,14H,4-9H2,1-3H3,(H,19,20,21)/t11-,12+,14+/m1/s1. The zero-order valence-electron chi connectivity index (χ0n) is 14.3. The number of fused-ring (bicyclic) bond motifs is 3. The average Bonchev–Trinajstić information content (AvgIpc) is 3.09. The monoisotopic (exact) mass is 330 g/mol. The number of rotatable bonds is 3. The lowest BCUT2D eigenvalue weighted by Gasteiger charge is -2.38. The van der Waals surface area contributed by atoms with Crippen LogP contribution < -0.4 is 5.32 Å². The second-order valence-electron chi connectivity index (χ2n) is 7.42. The molecular formula is C18H26N4S. The van der Waals surface area contributed by atoms with Crippen LogP contribution in [0.15, 0.2) is 6.33 Å². The second kappa shape index (κ2) is 6.02. The molecule has 0 aliphatic heterocycles. The Bertz CT molecular complexity index is 708. The lowest BCUT2D eigenvalue weighted by Crippen LogP contribution is -2.41. The topological polar surface area (TPSA) is 41.0 Å². The number of anilines is 1. The minimum Gasteiger partial charge on any atom is -0.366 e. The van der Waals surface area contributed by atoms with Gasteiger partial charge in [-0.2, -0.15) is 0 Å². The maximum Gasteiger partial charge on any atom is 0.138 e. The molecule has 4 rings (SSSR count). The lowest BCUT2D eigenvalue weighted by atomic mass is 9.82. The highest BCUT2D eigenvalue weighted by atomic mass is 32.1. The van der Waals surface area contributed by atoms with Crippen molar-refractivity contribution in [2.75, 3.05) is 19.4 Å². The third-order valence-corrected chi connectivity index (χ3v) is 6.90. The maximum absolute atomic E-state index is 4.61. The average molecular weight is 331 g/mol. The molecule has 2 aliphatic rings. The summed E-state index contributed by atoms with van der Waals surface area (Å²) >= 11 is 1.87. The van der Waals surface area contributed by atoms with Crippen LogP contribution in [0.3, 0.4) is 0 Å². The van der Waals surface area contributed by atoms with E-state index in [9.17, 15) is 0 Å². The lowest BCUT2D eigenvalue weighted by molar-refractivity contribution is 0.183. The number of nitrogens with zero attached hydrogens (tertiary/aromatic N) is 3. The van der Waals surface area contributed by atoms with Crippen LogP contribution >= 0.6 is 11.3 Å². The molecule has 1 fully saturated rings. The first-order valence-electron chi connectivity index (χ1n) is 8.81. The molecule has 0 unspecified atom stereocenters. The van der Waals surface area contributed by atoms with Crippen LogP contribution in [0.25, 0.3) is 10.2 Å². The van der Waals surface area contributed by atoms with Gasteiger partial charge in [0.15, 0.2) is 0 Å². The molecule has 1 saturated carbocycles. The van der Waals surface area contributed by atoms with Crippen molar-refractivity contribution in [3.05, 3.63) is 16.8 Å². The Balaban J connectivity index is 1.59. The Morgan fingerprint density at radius 1 is 1.22 bits per heavy atom. The Morgan fingerprint density at radius 3 is 2.87 bits per heavy atom. The Labute approximate surface area is 142 Å². The highest BCUT2D eigenvalue weighted by Crippen LogP contribution is 2.40. The molecule has 2 aliphatic carbocycles. The summed E-state index contributed by atoms with van der Waals surface area (Å²) in [5, 5.41) is 5.10. The predicted octanol–water partition coefficient (Wildman–Crippen LogP) is 3.71. The molecule has 1 N–H and O–H groups in total. The first-order valence-corrected chi connectivity index (χ1v) is 9.63. The predicted molar refractivity (Wildman–Crippen MR) is 97.3 cm³/mol. The third kappa shape index (κ3) is 2.74. The van der Waals surface area contributed by atoms with E-state index >= 15 is 0 Å². The van der Waals surface area contributed by atoms with E-state index in [2.05, 4.69) is 41.2 Å². The molecule has 0 aromatic carbocycles. The molecule has 23 heavy (non-hydrogen) atoms. The maximum atomic E-state index is 4.61. The molecule has 0 amide bonds. The molecule has 0 bridgehead atoms. The molecule has 4 nitrogen and oxygen atoms in total. The summed E-state index contributed by atoms with van der Waals surface area (Å²) in [5.41, 5.74) is 1.52. The van der Waals surface area contributed by atoms with Crippen molar-refractivity contribution in [1.29, 1.82) is 0 Å². The Hall–Kier alpha value is -1.20. The van der Waals surface area contributed by atoms with E-state index < -0.39 is 0 Å². The van der Waals surface area contributed by atoms with E-state index in [0.29, 0.717) is 12.0 Å². The van der Waals surface area contributed by atoms with Crippen LogP contribution in [0.2, 0.25) is 0 Å². The van der Waals surface area contributed by atoms with Gasteiger partial charge >= 0.3 is 0 Å². The van der Waals surface area contributed by atoms with Gasteiger partial charge < -0.3 is 10.2 Å². The summed E-state index contributed by atoms with van der Waals surface area (Å²) in [6, 6.07) is 1.25. The van der Waals surface area contributed by atoms with Gasteiger partial charge in [0.2, 0.25) is 0 Å². The fourth-order valence-electron chi connectivity index (χ4n) is 4.26. The largest absolute Gasteiger partial charge is 0.366 e. The molecule has 5 heteroatoms. The summed E-state index contributed by atoms with van der Waals surface area (Å²) in [6.45, 7) is 2.38. The highest BCUT2D eigenvalue weighted by Gasteiger charge is 2.30.